The number of hydrogen-bond acceptors (Lipinski definition) is 4. The first kappa shape index (κ1) is 16.5. The SMILES string of the molecule is Cc1ccc(S(=O)(=O)Oc2c(Br)cc(CO)cc2Br)cc1. The van der Waals surface area contributed by atoms with Gasteiger partial charge in [0.2, 0.25) is 0 Å². The summed E-state index contributed by atoms with van der Waals surface area (Å²) >= 11 is 6.49. The normalized spacial score (nSPS) is 11.4. The molecule has 2 rings (SSSR count). The molecule has 0 saturated heterocycles. The summed E-state index contributed by atoms with van der Waals surface area (Å²) in [5.74, 6) is 0.146. The first-order valence-electron chi connectivity index (χ1n) is 5.93. The number of hydrogen-bond donors (Lipinski definition) is 1. The second-order valence-electron chi connectivity index (χ2n) is 4.40. The zero-order valence-corrected chi connectivity index (χ0v) is 15.0. The first-order valence-corrected chi connectivity index (χ1v) is 8.93. The van der Waals surface area contributed by atoms with Crippen molar-refractivity contribution in [1.29, 1.82) is 0 Å². The van der Waals surface area contributed by atoms with E-state index in [9.17, 15) is 8.42 Å². The second-order valence-corrected chi connectivity index (χ2v) is 7.65. The van der Waals surface area contributed by atoms with E-state index >= 15 is 0 Å². The van der Waals surface area contributed by atoms with E-state index in [2.05, 4.69) is 31.9 Å². The lowest BCUT2D eigenvalue weighted by Gasteiger charge is -2.12. The van der Waals surface area contributed by atoms with Crippen LogP contribution in [0.25, 0.3) is 0 Å². The van der Waals surface area contributed by atoms with Gasteiger partial charge in [0.1, 0.15) is 4.90 Å². The average Bonchev–Trinajstić information content (AvgIpc) is 2.43. The summed E-state index contributed by atoms with van der Waals surface area (Å²) in [4.78, 5) is 0.0816. The van der Waals surface area contributed by atoms with E-state index in [-0.39, 0.29) is 17.3 Å². The van der Waals surface area contributed by atoms with Gasteiger partial charge < -0.3 is 9.29 Å². The van der Waals surface area contributed by atoms with E-state index in [4.69, 9.17) is 9.29 Å². The van der Waals surface area contributed by atoms with Crippen molar-refractivity contribution < 1.29 is 17.7 Å². The molecule has 0 saturated carbocycles. The molecule has 2 aromatic rings. The molecule has 0 fully saturated rings. The summed E-state index contributed by atoms with van der Waals surface area (Å²) in [7, 11) is -3.92. The van der Waals surface area contributed by atoms with Crippen molar-refractivity contribution in [2.45, 2.75) is 18.4 Å². The highest BCUT2D eigenvalue weighted by atomic mass is 79.9. The molecule has 0 aliphatic rings. The topological polar surface area (TPSA) is 63.6 Å². The number of aliphatic hydroxyl groups is 1. The van der Waals surface area contributed by atoms with Crippen molar-refractivity contribution in [2.24, 2.45) is 0 Å². The predicted molar refractivity (Wildman–Crippen MR) is 86.8 cm³/mol. The van der Waals surface area contributed by atoms with Crippen molar-refractivity contribution in [1.82, 2.24) is 0 Å². The Labute approximate surface area is 140 Å². The van der Waals surface area contributed by atoms with Gasteiger partial charge in [-0.25, -0.2) is 0 Å². The Morgan fingerprint density at radius 1 is 1.10 bits per heavy atom. The molecule has 112 valence electrons. The molecular formula is C14H12Br2O4S. The first-order chi connectivity index (χ1) is 9.83. The molecule has 0 unspecified atom stereocenters. The number of aryl methyl sites for hydroxylation is 1. The predicted octanol–water partition coefficient (Wildman–Crippen LogP) is 3.78. The maximum absolute atomic E-state index is 12.3. The van der Waals surface area contributed by atoms with Crippen LogP contribution in [0.4, 0.5) is 0 Å². The second kappa shape index (κ2) is 6.48. The molecule has 0 bridgehead atoms. The van der Waals surface area contributed by atoms with Crippen molar-refractivity contribution >= 4 is 42.0 Å². The van der Waals surface area contributed by atoms with Crippen molar-refractivity contribution in [3.05, 3.63) is 56.5 Å². The Bertz CT molecular complexity index is 732. The fraction of sp³-hybridized carbons (Fsp3) is 0.143. The average molecular weight is 436 g/mol. The molecule has 2 aromatic carbocycles. The van der Waals surface area contributed by atoms with Crippen LogP contribution in [0.3, 0.4) is 0 Å². The smallest absolute Gasteiger partial charge is 0.339 e. The summed E-state index contributed by atoms with van der Waals surface area (Å²) in [6.07, 6.45) is 0. The van der Waals surface area contributed by atoms with Crippen LogP contribution in [0.15, 0.2) is 50.2 Å². The molecule has 0 amide bonds. The monoisotopic (exact) mass is 434 g/mol. The van der Waals surface area contributed by atoms with E-state index in [0.29, 0.717) is 14.5 Å². The van der Waals surface area contributed by atoms with E-state index in [1.54, 1.807) is 24.3 Å². The third-order valence-electron chi connectivity index (χ3n) is 2.74. The molecule has 1 N–H and O–H groups in total. The lowest BCUT2D eigenvalue weighted by molar-refractivity contribution is 0.281. The summed E-state index contributed by atoms with van der Waals surface area (Å²) in [5.41, 5.74) is 1.59. The van der Waals surface area contributed by atoms with Gasteiger partial charge in [0.25, 0.3) is 0 Å². The largest absolute Gasteiger partial charge is 0.392 e. The Morgan fingerprint density at radius 3 is 2.10 bits per heavy atom. The lowest BCUT2D eigenvalue weighted by atomic mass is 10.2. The maximum Gasteiger partial charge on any atom is 0.339 e. The van der Waals surface area contributed by atoms with Crippen molar-refractivity contribution in [3.8, 4) is 5.75 Å². The minimum atomic E-state index is -3.92. The highest BCUT2D eigenvalue weighted by Gasteiger charge is 2.20. The van der Waals surface area contributed by atoms with E-state index in [1.807, 2.05) is 6.92 Å². The third-order valence-corrected chi connectivity index (χ3v) is 5.16. The van der Waals surface area contributed by atoms with E-state index in [0.717, 1.165) is 5.56 Å². The van der Waals surface area contributed by atoms with Gasteiger partial charge >= 0.3 is 10.1 Å². The molecule has 0 radical (unpaired) electrons. The van der Waals surface area contributed by atoms with Crippen LogP contribution in [0.2, 0.25) is 0 Å². The van der Waals surface area contributed by atoms with Crippen LogP contribution in [0, 0.1) is 6.92 Å². The molecule has 4 nitrogen and oxygen atoms in total. The van der Waals surface area contributed by atoms with Crippen LogP contribution in [-0.2, 0) is 16.7 Å². The molecule has 0 heterocycles. The summed E-state index contributed by atoms with van der Waals surface area (Å²) < 4.78 is 30.6. The third kappa shape index (κ3) is 3.85. The van der Waals surface area contributed by atoms with E-state index < -0.39 is 10.1 Å². The zero-order valence-electron chi connectivity index (χ0n) is 11.0. The van der Waals surface area contributed by atoms with Gasteiger partial charge in [-0.1, -0.05) is 17.7 Å². The van der Waals surface area contributed by atoms with Crippen LogP contribution in [-0.4, -0.2) is 13.5 Å². The Kier molecular flexibility index (Phi) is 5.08. The summed E-state index contributed by atoms with van der Waals surface area (Å²) in [5, 5.41) is 9.11. The van der Waals surface area contributed by atoms with E-state index in [1.165, 1.54) is 12.1 Å². The van der Waals surface area contributed by atoms with Gasteiger partial charge in [-0.05, 0) is 68.6 Å². The molecule has 0 aromatic heterocycles. The molecule has 0 aliphatic heterocycles. The highest BCUT2D eigenvalue weighted by molar-refractivity contribution is 9.11. The standard InChI is InChI=1S/C14H12Br2O4S/c1-9-2-4-11(5-3-9)21(18,19)20-14-12(15)6-10(8-17)7-13(14)16/h2-7,17H,8H2,1H3. The summed E-state index contributed by atoms with van der Waals surface area (Å²) in [6.45, 7) is 1.72. The van der Waals surface area contributed by atoms with Crippen LogP contribution in [0.5, 0.6) is 5.75 Å². The van der Waals surface area contributed by atoms with Gasteiger partial charge in [0.15, 0.2) is 5.75 Å². The van der Waals surface area contributed by atoms with Crippen LogP contribution >= 0.6 is 31.9 Å². The lowest BCUT2D eigenvalue weighted by Crippen LogP contribution is -2.10. The number of rotatable bonds is 4. The fourth-order valence-corrected chi connectivity index (χ4v) is 4.27. The number of aliphatic hydroxyl groups excluding tert-OH is 1. The Hall–Kier alpha value is -0.890. The number of benzene rings is 2. The maximum atomic E-state index is 12.3. The summed E-state index contributed by atoms with van der Waals surface area (Å²) in [6, 6.07) is 9.60. The van der Waals surface area contributed by atoms with Crippen LogP contribution < -0.4 is 4.18 Å². The molecule has 21 heavy (non-hydrogen) atoms. The van der Waals surface area contributed by atoms with Gasteiger partial charge in [-0.15, -0.1) is 0 Å². The minimum absolute atomic E-state index is 0.0816. The fourth-order valence-electron chi connectivity index (χ4n) is 1.65. The van der Waals surface area contributed by atoms with Gasteiger partial charge in [-0.3, -0.25) is 0 Å². The molecule has 0 atom stereocenters. The quantitative estimate of drug-likeness (QED) is 0.742. The molecule has 0 spiro atoms. The van der Waals surface area contributed by atoms with Crippen molar-refractivity contribution in [3.63, 3.8) is 0 Å². The zero-order chi connectivity index (χ0) is 15.6. The highest BCUT2D eigenvalue weighted by Crippen LogP contribution is 2.36. The molecule has 0 aliphatic carbocycles. The van der Waals surface area contributed by atoms with Crippen LogP contribution in [0.1, 0.15) is 11.1 Å². The van der Waals surface area contributed by atoms with Gasteiger partial charge in [0, 0.05) is 0 Å². The molecule has 7 heteroatoms. The Balaban J connectivity index is 2.39. The van der Waals surface area contributed by atoms with Crippen molar-refractivity contribution in [2.75, 3.05) is 0 Å². The number of halogens is 2. The molecular weight excluding hydrogens is 424 g/mol. The Morgan fingerprint density at radius 2 is 1.62 bits per heavy atom. The van der Waals surface area contributed by atoms with Gasteiger partial charge in [0.05, 0.1) is 15.6 Å². The minimum Gasteiger partial charge on any atom is -0.392 e. The van der Waals surface area contributed by atoms with Gasteiger partial charge in [-0.2, -0.15) is 8.42 Å².